The first kappa shape index (κ1) is 19.9. The van der Waals surface area contributed by atoms with Crippen LogP contribution in [0.4, 0.5) is 0 Å². The Kier molecular flexibility index (Phi) is 4.70. The molecule has 0 fully saturated rings. The minimum absolute atomic E-state index is 0.128. The van der Waals surface area contributed by atoms with E-state index in [1.165, 1.54) is 7.11 Å². The molecular formula is C24H20N2O6. The summed E-state index contributed by atoms with van der Waals surface area (Å²) in [5.74, 6) is 1.05. The van der Waals surface area contributed by atoms with Crippen LogP contribution in [0.25, 0.3) is 6.08 Å². The highest BCUT2D eigenvalue weighted by molar-refractivity contribution is 6.15. The van der Waals surface area contributed by atoms with Crippen LogP contribution >= 0.6 is 0 Å². The van der Waals surface area contributed by atoms with E-state index in [9.17, 15) is 9.59 Å². The molecule has 1 aromatic heterocycles. The number of carbonyl (C=O) groups is 2. The topological polar surface area (TPSA) is 88.9 Å². The molecule has 2 aliphatic heterocycles. The van der Waals surface area contributed by atoms with E-state index in [1.807, 2.05) is 19.2 Å². The molecule has 2 aromatic carbocycles. The van der Waals surface area contributed by atoms with Crippen LogP contribution in [0, 0.1) is 0 Å². The first-order valence-electron chi connectivity index (χ1n) is 10.0. The third-order valence-electron chi connectivity index (χ3n) is 5.72. The number of allylic oxidation sites excluding steroid dienone is 1. The van der Waals surface area contributed by atoms with Gasteiger partial charge in [-0.1, -0.05) is 12.1 Å². The number of methoxy groups -OCH3 is 2. The fourth-order valence-electron chi connectivity index (χ4n) is 4.25. The third-order valence-corrected chi connectivity index (χ3v) is 5.72. The van der Waals surface area contributed by atoms with Crippen molar-refractivity contribution in [3.05, 3.63) is 70.7 Å². The fraction of sp³-hybridized carbons (Fsp3) is 0.208. The maximum Gasteiger partial charge on any atom is 0.312 e. The van der Waals surface area contributed by atoms with Gasteiger partial charge in [0.25, 0.3) is 0 Å². The third kappa shape index (κ3) is 3.03. The van der Waals surface area contributed by atoms with Crippen LogP contribution in [-0.2, 0) is 11.8 Å². The zero-order valence-electron chi connectivity index (χ0n) is 17.7. The number of benzene rings is 2. The van der Waals surface area contributed by atoms with E-state index in [2.05, 4.69) is 5.10 Å². The molecule has 8 heteroatoms. The molecule has 0 saturated heterocycles. The zero-order chi connectivity index (χ0) is 22.4. The van der Waals surface area contributed by atoms with Gasteiger partial charge in [0.15, 0.2) is 17.3 Å². The molecule has 8 nitrogen and oxygen atoms in total. The average Bonchev–Trinajstić information content (AvgIpc) is 3.35. The number of nitrogens with zero attached hydrogens (tertiary/aromatic N) is 2. The van der Waals surface area contributed by atoms with Crippen molar-refractivity contribution in [2.24, 2.45) is 7.05 Å². The van der Waals surface area contributed by atoms with Crippen molar-refractivity contribution in [1.82, 2.24) is 9.78 Å². The van der Waals surface area contributed by atoms with E-state index in [4.69, 9.17) is 18.9 Å². The molecular weight excluding hydrogens is 412 g/mol. The Hall–Kier alpha value is -4.07. The lowest BCUT2D eigenvalue weighted by molar-refractivity contribution is -0.135. The van der Waals surface area contributed by atoms with Gasteiger partial charge in [-0.15, -0.1) is 0 Å². The minimum atomic E-state index is -0.343. The SMILES string of the molecule is COc1cccc(/C=C2\Oc3c(ccc4c3C(c3ccnn3C)CC(=O)O4)C2=O)c1OC. The fourth-order valence-corrected chi connectivity index (χ4v) is 4.25. The van der Waals surface area contributed by atoms with Gasteiger partial charge >= 0.3 is 5.97 Å². The van der Waals surface area contributed by atoms with Crippen LogP contribution < -0.4 is 18.9 Å². The first-order valence-corrected chi connectivity index (χ1v) is 10.0. The molecule has 0 radical (unpaired) electrons. The van der Waals surface area contributed by atoms with E-state index >= 15 is 0 Å². The second-order valence-electron chi connectivity index (χ2n) is 7.49. The monoisotopic (exact) mass is 432 g/mol. The minimum Gasteiger partial charge on any atom is -0.493 e. The number of carbonyl (C=O) groups excluding carboxylic acids is 2. The highest BCUT2D eigenvalue weighted by Gasteiger charge is 2.39. The molecule has 0 amide bonds. The Morgan fingerprint density at radius 1 is 1.09 bits per heavy atom. The highest BCUT2D eigenvalue weighted by atomic mass is 16.5. The van der Waals surface area contributed by atoms with Crippen molar-refractivity contribution in [3.63, 3.8) is 0 Å². The predicted octanol–water partition coefficient (Wildman–Crippen LogP) is 3.49. The van der Waals surface area contributed by atoms with Gasteiger partial charge in [-0.2, -0.15) is 5.10 Å². The lowest BCUT2D eigenvalue weighted by Gasteiger charge is -2.26. The predicted molar refractivity (Wildman–Crippen MR) is 114 cm³/mol. The summed E-state index contributed by atoms with van der Waals surface area (Å²) < 4.78 is 24.1. The zero-order valence-corrected chi connectivity index (χ0v) is 17.7. The number of ketones is 1. The second-order valence-corrected chi connectivity index (χ2v) is 7.49. The van der Waals surface area contributed by atoms with Crippen LogP contribution in [0.15, 0.2) is 48.4 Å². The summed E-state index contributed by atoms with van der Waals surface area (Å²) in [6.45, 7) is 0. The van der Waals surface area contributed by atoms with Crippen molar-refractivity contribution >= 4 is 17.8 Å². The Balaban J connectivity index is 1.62. The summed E-state index contributed by atoms with van der Waals surface area (Å²) in [5.41, 5.74) is 2.56. The van der Waals surface area contributed by atoms with Crippen molar-refractivity contribution in [2.45, 2.75) is 12.3 Å². The summed E-state index contributed by atoms with van der Waals surface area (Å²) in [6.07, 6.45) is 3.43. The Morgan fingerprint density at radius 3 is 2.66 bits per heavy atom. The van der Waals surface area contributed by atoms with E-state index in [-0.39, 0.29) is 29.9 Å². The Labute approximate surface area is 184 Å². The Morgan fingerprint density at radius 2 is 1.94 bits per heavy atom. The molecule has 3 aromatic rings. The molecule has 162 valence electrons. The molecule has 0 aliphatic carbocycles. The summed E-state index contributed by atoms with van der Waals surface area (Å²) in [6, 6.07) is 10.5. The molecule has 1 atom stereocenters. The van der Waals surface area contributed by atoms with Gasteiger partial charge in [-0.05, 0) is 30.3 Å². The number of rotatable bonds is 4. The van der Waals surface area contributed by atoms with Crippen molar-refractivity contribution in [1.29, 1.82) is 0 Å². The summed E-state index contributed by atoms with van der Waals surface area (Å²) >= 11 is 0. The van der Waals surface area contributed by atoms with Crippen LogP contribution in [0.3, 0.4) is 0 Å². The van der Waals surface area contributed by atoms with E-state index in [1.54, 1.807) is 48.3 Å². The van der Waals surface area contributed by atoms with Gasteiger partial charge in [0, 0.05) is 36.0 Å². The normalized spacial score (nSPS) is 18.1. The average molecular weight is 432 g/mol. The van der Waals surface area contributed by atoms with Gasteiger partial charge in [0.05, 0.1) is 26.2 Å². The molecule has 5 rings (SSSR count). The molecule has 2 aliphatic rings. The molecule has 0 saturated carbocycles. The summed E-state index contributed by atoms with van der Waals surface area (Å²) in [7, 11) is 4.90. The highest BCUT2D eigenvalue weighted by Crippen LogP contribution is 2.49. The summed E-state index contributed by atoms with van der Waals surface area (Å²) in [4.78, 5) is 25.4. The first-order chi connectivity index (χ1) is 15.5. The number of Topliss-reactive ketones (excluding diaryl/α,β-unsaturated/α-hetero) is 1. The van der Waals surface area contributed by atoms with E-state index < -0.39 is 0 Å². The van der Waals surface area contributed by atoms with Crippen molar-refractivity contribution in [3.8, 4) is 23.0 Å². The van der Waals surface area contributed by atoms with Crippen LogP contribution in [-0.4, -0.2) is 35.8 Å². The molecule has 1 unspecified atom stereocenters. The molecule has 3 heterocycles. The number of fused-ring (bicyclic) bond motifs is 3. The van der Waals surface area contributed by atoms with E-state index in [0.29, 0.717) is 39.7 Å². The van der Waals surface area contributed by atoms with E-state index in [0.717, 1.165) is 5.69 Å². The number of aryl methyl sites for hydroxylation is 1. The number of ether oxygens (including phenoxy) is 4. The number of para-hydroxylation sites is 1. The number of hydrogen-bond acceptors (Lipinski definition) is 7. The van der Waals surface area contributed by atoms with Gasteiger partial charge in [0.1, 0.15) is 11.5 Å². The van der Waals surface area contributed by atoms with Gasteiger partial charge < -0.3 is 18.9 Å². The molecule has 32 heavy (non-hydrogen) atoms. The largest absolute Gasteiger partial charge is 0.493 e. The Bertz CT molecular complexity index is 1290. The molecule has 0 spiro atoms. The maximum atomic E-state index is 13.2. The van der Waals surface area contributed by atoms with Crippen LogP contribution in [0.2, 0.25) is 0 Å². The lowest BCUT2D eigenvalue weighted by Crippen LogP contribution is -2.23. The number of aromatic nitrogens is 2. The van der Waals surface area contributed by atoms with Crippen LogP contribution in [0.1, 0.15) is 39.5 Å². The van der Waals surface area contributed by atoms with Gasteiger partial charge in [-0.25, -0.2) is 0 Å². The number of esters is 1. The van der Waals surface area contributed by atoms with Crippen LogP contribution in [0.5, 0.6) is 23.0 Å². The molecule has 0 N–H and O–H groups in total. The standard InChI is InChI=1S/C24H20N2O6/c1-26-16(9-10-25-26)15-12-20(27)31-17-8-7-14-22(28)19(32-24(14)21(15)17)11-13-5-4-6-18(29-2)23(13)30-3/h4-11,15H,12H2,1-3H3/b19-11-. The maximum absolute atomic E-state index is 13.2. The second kappa shape index (κ2) is 7.56. The summed E-state index contributed by atoms with van der Waals surface area (Å²) in [5, 5.41) is 4.22. The van der Waals surface area contributed by atoms with Crippen molar-refractivity contribution in [2.75, 3.05) is 14.2 Å². The van der Waals surface area contributed by atoms with Crippen molar-refractivity contribution < 1.29 is 28.5 Å². The lowest BCUT2D eigenvalue weighted by atomic mass is 9.87. The smallest absolute Gasteiger partial charge is 0.312 e. The van der Waals surface area contributed by atoms with Gasteiger partial charge in [-0.3, -0.25) is 14.3 Å². The van der Waals surface area contributed by atoms with Gasteiger partial charge in [0.2, 0.25) is 5.78 Å². The quantitative estimate of drug-likeness (QED) is 0.354. The number of hydrogen-bond donors (Lipinski definition) is 0. The molecule has 0 bridgehead atoms.